The summed E-state index contributed by atoms with van der Waals surface area (Å²) in [5, 5.41) is 0. The molecule has 0 nitrogen and oxygen atoms in total. The van der Waals surface area contributed by atoms with Crippen molar-refractivity contribution in [2.75, 3.05) is 0 Å². The third-order valence-electron chi connectivity index (χ3n) is 1.88. The Morgan fingerprint density at radius 2 is 0.462 bits per heavy atom. The molecule has 0 aliphatic rings. The van der Waals surface area contributed by atoms with Gasteiger partial charge in [0, 0.05) is 0 Å². The van der Waals surface area contributed by atoms with E-state index in [1.54, 1.807) is 0 Å². The second-order valence-electron chi connectivity index (χ2n) is 3.31. The van der Waals surface area contributed by atoms with Crippen LogP contribution in [0.15, 0.2) is 60.7 Å². The topological polar surface area (TPSA) is 0 Å². The van der Waals surface area contributed by atoms with Gasteiger partial charge in [0.2, 0.25) is 0 Å². The van der Waals surface area contributed by atoms with E-state index < -0.39 is 0 Å². The lowest BCUT2D eigenvalue weighted by molar-refractivity contribution is 1.48. The van der Waals surface area contributed by atoms with Gasteiger partial charge in [-0.15, -0.1) is 0 Å². The molecular weight excluding hydrogens is 312 g/mol. The summed E-state index contributed by atoms with van der Waals surface area (Å²) in [7, 11) is 0. The van der Waals surface area contributed by atoms with Crippen LogP contribution in [0.2, 0.25) is 0 Å². The molecule has 0 aliphatic heterocycles. The number of hydrogen-bond acceptors (Lipinski definition) is 0. The molecule has 0 N–H and O–H groups in total. The highest BCUT2D eigenvalue weighted by atomic mass is 13.8. The van der Waals surface area contributed by atoms with E-state index in [0.29, 0.717) is 0 Å². The Kier molecular flexibility index (Phi) is 86.0. The summed E-state index contributed by atoms with van der Waals surface area (Å²) < 4.78 is 0. The van der Waals surface area contributed by atoms with Crippen molar-refractivity contribution in [3.63, 3.8) is 0 Å². The van der Waals surface area contributed by atoms with Crippen LogP contribution < -0.4 is 0 Å². The van der Waals surface area contributed by atoms with Gasteiger partial charge < -0.3 is 0 Å². The van der Waals surface area contributed by atoms with E-state index in [4.69, 9.17) is 0 Å². The van der Waals surface area contributed by atoms with Crippen LogP contribution in [0, 0.1) is 13.8 Å². The molecule has 0 saturated heterocycles. The Balaban J connectivity index is -0.0000000493. The van der Waals surface area contributed by atoms with Gasteiger partial charge in [-0.25, -0.2) is 0 Å². The van der Waals surface area contributed by atoms with Crippen LogP contribution in [0.4, 0.5) is 0 Å². The summed E-state index contributed by atoms with van der Waals surface area (Å²) in [4.78, 5) is 0. The molecule has 0 aliphatic carbocycles. The molecule has 0 heteroatoms. The predicted octanol–water partition coefficient (Wildman–Crippen LogP) is 10.1. The van der Waals surface area contributed by atoms with Crippen LogP contribution in [0.5, 0.6) is 0 Å². The van der Waals surface area contributed by atoms with E-state index in [2.05, 4.69) is 38.1 Å². The summed E-state index contributed by atoms with van der Waals surface area (Å²) in [5.41, 5.74) is 2.64. The molecule has 2 aromatic carbocycles. The summed E-state index contributed by atoms with van der Waals surface area (Å²) >= 11 is 0. The zero-order chi connectivity index (χ0) is 22.2. The highest BCUT2D eigenvalue weighted by molar-refractivity contribution is 5.12. The molecule has 0 spiro atoms. The molecule has 0 fully saturated rings. The van der Waals surface area contributed by atoms with Gasteiger partial charge >= 0.3 is 0 Å². The van der Waals surface area contributed by atoms with Crippen molar-refractivity contribution >= 4 is 0 Å². The zero-order valence-electron chi connectivity index (χ0n) is 20.8. The van der Waals surface area contributed by atoms with E-state index in [1.807, 2.05) is 119 Å². The van der Waals surface area contributed by atoms with Crippen LogP contribution in [0.3, 0.4) is 0 Å². The molecule has 0 bridgehead atoms. The van der Waals surface area contributed by atoms with Gasteiger partial charge in [0.05, 0.1) is 0 Å². The maximum Gasteiger partial charge on any atom is -0.0398 e. The first-order valence-corrected chi connectivity index (χ1v) is 10.8. The van der Waals surface area contributed by atoms with Crippen molar-refractivity contribution in [3.8, 4) is 0 Å². The van der Waals surface area contributed by atoms with Crippen molar-refractivity contribution in [1.29, 1.82) is 0 Å². The van der Waals surface area contributed by atoms with Crippen molar-refractivity contribution in [1.82, 2.24) is 0 Å². The maximum absolute atomic E-state index is 2.08. The minimum Gasteiger partial charge on any atom is -0.0683 e. The highest BCUT2D eigenvalue weighted by Crippen LogP contribution is 1.92. The summed E-state index contributed by atoms with van der Waals surface area (Å²) in [6, 6.07) is 20.5. The van der Waals surface area contributed by atoms with Gasteiger partial charge in [-0.2, -0.15) is 0 Å². The average Bonchev–Trinajstić information content (AvgIpc) is 2.78. The first-order valence-electron chi connectivity index (χ1n) is 10.8. The Morgan fingerprint density at radius 3 is 0.538 bits per heavy atom. The van der Waals surface area contributed by atoms with E-state index in [0.717, 1.165) is 0 Å². The van der Waals surface area contributed by atoms with Gasteiger partial charge in [0.25, 0.3) is 0 Å². The molecule has 156 valence electrons. The number of rotatable bonds is 0. The molecule has 0 atom stereocenters. The molecule has 0 heterocycles. The second kappa shape index (κ2) is 56.6. The fourth-order valence-corrected chi connectivity index (χ4v) is 1.07. The fraction of sp³-hybridized carbons (Fsp3) is 0.538. The smallest absolute Gasteiger partial charge is 0.0398 e. The van der Waals surface area contributed by atoms with Crippen molar-refractivity contribution in [3.05, 3.63) is 71.8 Å². The minimum absolute atomic E-state index is 1.32. The number of aryl methyl sites for hydroxylation is 2. The van der Waals surface area contributed by atoms with Gasteiger partial charge in [-0.05, 0) is 13.8 Å². The molecule has 2 rings (SSSR count). The average molecular weight is 365 g/mol. The molecule has 0 radical (unpaired) electrons. The van der Waals surface area contributed by atoms with E-state index in [-0.39, 0.29) is 0 Å². The largest absolute Gasteiger partial charge is 0.0683 e. The molecule has 26 heavy (non-hydrogen) atoms. The van der Waals surface area contributed by atoms with Gasteiger partial charge in [0.1, 0.15) is 0 Å². The lowest BCUT2D eigenvalue weighted by Crippen LogP contribution is -1.62. The lowest BCUT2D eigenvalue weighted by atomic mass is 10.2. The SMILES string of the molecule is CC.CC.CC.CC.CC.CC.Cc1ccccc1.Cc1ccccc1. The summed E-state index contributed by atoms with van der Waals surface area (Å²) in [6.45, 7) is 28.2. The van der Waals surface area contributed by atoms with Crippen LogP contribution in [-0.4, -0.2) is 0 Å². The van der Waals surface area contributed by atoms with Crippen molar-refractivity contribution in [2.45, 2.75) is 96.9 Å². The first-order chi connectivity index (χ1) is 12.8. The highest BCUT2D eigenvalue weighted by Gasteiger charge is 1.72. The Morgan fingerprint density at radius 1 is 0.308 bits per heavy atom. The fourth-order valence-electron chi connectivity index (χ4n) is 1.07. The van der Waals surface area contributed by atoms with Gasteiger partial charge in [-0.1, -0.05) is 155 Å². The Labute approximate surface area is 169 Å². The quantitative estimate of drug-likeness (QED) is 0.436. The van der Waals surface area contributed by atoms with Gasteiger partial charge in [-0.3, -0.25) is 0 Å². The Hall–Kier alpha value is -1.56. The van der Waals surface area contributed by atoms with E-state index in [9.17, 15) is 0 Å². The van der Waals surface area contributed by atoms with Gasteiger partial charge in [0.15, 0.2) is 0 Å². The van der Waals surface area contributed by atoms with Crippen LogP contribution in [0.25, 0.3) is 0 Å². The van der Waals surface area contributed by atoms with Crippen molar-refractivity contribution in [2.24, 2.45) is 0 Å². The standard InChI is InChI=1S/2C7H8.6C2H6/c2*1-7-5-3-2-4-6-7;6*1-2/h2*2-6H,1H3;6*1-2H3. The zero-order valence-corrected chi connectivity index (χ0v) is 20.8. The first kappa shape index (κ1) is 39.5. The molecule has 0 aromatic heterocycles. The Bertz CT molecular complexity index is 297. The number of hydrogen-bond donors (Lipinski definition) is 0. The van der Waals surface area contributed by atoms with Crippen LogP contribution in [0.1, 0.15) is 94.2 Å². The second-order valence-corrected chi connectivity index (χ2v) is 3.31. The number of benzene rings is 2. The third kappa shape index (κ3) is 49.5. The molecule has 2 aromatic rings. The lowest BCUT2D eigenvalue weighted by Gasteiger charge is -1.82. The maximum atomic E-state index is 2.08. The monoisotopic (exact) mass is 364 g/mol. The van der Waals surface area contributed by atoms with Crippen LogP contribution in [-0.2, 0) is 0 Å². The van der Waals surface area contributed by atoms with E-state index in [1.165, 1.54) is 11.1 Å². The summed E-state index contributed by atoms with van der Waals surface area (Å²) in [6.07, 6.45) is 0. The summed E-state index contributed by atoms with van der Waals surface area (Å²) in [5.74, 6) is 0. The minimum atomic E-state index is 1.32. The molecular formula is C26H52. The molecule has 0 unspecified atom stereocenters. The van der Waals surface area contributed by atoms with Crippen molar-refractivity contribution < 1.29 is 0 Å². The van der Waals surface area contributed by atoms with Crippen LogP contribution >= 0.6 is 0 Å². The molecule has 0 saturated carbocycles. The normalized spacial score (nSPS) is 6.08. The van der Waals surface area contributed by atoms with E-state index >= 15 is 0 Å². The molecule has 0 amide bonds. The third-order valence-corrected chi connectivity index (χ3v) is 1.88. The predicted molar refractivity (Wildman–Crippen MR) is 130 cm³/mol.